The van der Waals surface area contributed by atoms with Gasteiger partial charge in [0.15, 0.2) is 0 Å². The number of piperidine rings is 1. The Morgan fingerprint density at radius 3 is 2.27 bits per heavy atom. The van der Waals surface area contributed by atoms with Crippen molar-refractivity contribution in [2.24, 2.45) is 0 Å². The minimum Gasteiger partial charge on any atom is -0.633 e. The molecule has 0 spiro atoms. The largest absolute Gasteiger partial charge is 0.633 e. The molecular formula is C8H13NO2. The van der Waals surface area contributed by atoms with E-state index < -0.39 is 0 Å². The summed E-state index contributed by atoms with van der Waals surface area (Å²) in [5, 5.41) is 11.8. The van der Waals surface area contributed by atoms with Gasteiger partial charge in [-0.2, -0.15) is 0 Å². The van der Waals surface area contributed by atoms with Gasteiger partial charge in [-0.25, -0.2) is 0 Å². The molecule has 62 valence electrons. The molecule has 2 saturated heterocycles. The maximum Gasteiger partial charge on any atom is 0.144 e. The Labute approximate surface area is 66.2 Å². The third-order valence-electron chi connectivity index (χ3n) is 3.21. The van der Waals surface area contributed by atoms with Gasteiger partial charge in [0.1, 0.15) is 5.78 Å². The standard InChI is InChI=1S/C8H13NO2/c1-9(11)6-2-3-7(9)5-8(10)4-6/h6-7H,2-5H2,1H3/t6-,7-/m0/s1. The van der Waals surface area contributed by atoms with Crippen LogP contribution in [0.3, 0.4) is 0 Å². The maximum atomic E-state index is 11.8. The predicted octanol–water partition coefficient (Wildman–Crippen LogP) is 0.825. The van der Waals surface area contributed by atoms with E-state index in [-0.39, 0.29) is 16.7 Å². The number of ketones is 1. The van der Waals surface area contributed by atoms with Crippen molar-refractivity contribution in [2.45, 2.75) is 37.8 Å². The van der Waals surface area contributed by atoms with Crippen molar-refractivity contribution in [1.29, 1.82) is 0 Å². The molecule has 2 aliphatic heterocycles. The number of carbonyl (C=O) groups excluding carboxylic acids is 1. The van der Waals surface area contributed by atoms with Crippen LogP contribution < -0.4 is 0 Å². The molecule has 0 amide bonds. The molecule has 0 saturated carbocycles. The van der Waals surface area contributed by atoms with Crippen LogP contribution in [0.1, 0.15) is 25.7 Å². The Morgan fingerprint density at radius 1 is 1.36 bits per heavy atom. The number of rotatable bonds is 0. The highest BCUT2D eigenvalue weighted by Gasteiger charge is 2.45. The molecule has 0 aromatic heterocycles. The SMILES string of the molecule is C[N+]1([O-])[C@H]2CC[C@H]1CC(=O)C2. The molecular weight excluding hydrogens is 142 g/mol. The quantitative estimate of drug-likeness (QED) is 0.384. The summed E-state index contributed by atoms with van der Waals surface area (Å²) in [5.41, 5.74) is 0. The van der Waals surface area contributed by atoms with Gasteiger partial charge in [0, 0.05) is 12.8 Å². The van der Waals surface area contributed by atoms with Crippen LogP contribution in [0.2, 0.25) is 0 Å². The maximum absolute atomic E-state index is 11.8. The average Bonchev–Trinajstić information content (AvgIpc) is 2.19. The lowest BCUT2D eigenvalue weighted by Gasteiger charge is -2.47. The monoisotopic (exact) mass is 155 g/mol. The third-order valence-corrected chi connectivity index (χ3v) is 3.21. The topological polar surface area (TPSA) is 40.1 Å². The number of hydroxylamine groups is 3. The molecule has 2 atom stereocenters. The number of Topliss-reactive ketones (excluding diaryl/α,β-unsaturated/α-hetero) is 1. The predicted molar refractivity (Wildman–Crippen MR) is 40.6 cm³/mol. The molecule has 0 unspecified atom stereocenters. The molecule has 0 radical (unpaired) electrons. The fourth-order valence-electron chi connectivity index (χ4n) is 2.37. The summed E-state index contributed by atoms with van der Waals surface area (Å²) in [7, 11) is 1.72. The van der Waals surface area contributed by atoms with Crippen molar-refractivity contribution in [3.05, 3.63) is 5.21 Å². The average molecular weight is 155 g/mol. The Morgan fingerprint density at radius 2 is 1.82 bits per heavy atom. The van der Waals surface area contributed by atoms with E-state index in [9.17, 15) is 10.0 Å². The van der Waals surface area contributed by atoms with Gasteiger partial charge in [0.2, 0.25) is 0 Å². The van der Waals surface area contributed by atoms with Crippen molar-refractivity contribution in [3.63, 3.8) is 0 Å². The molecule has 0 aromatic rings. The lowest BCUT2D eigenvalue weighted by Crippen LogP contribution is -2.53. The Kier molecular flexibility index (Phi) is 1.35. The van der Waals surface area contributed by atoms with E-state index in [2.05, 4.69) is 0 Å². The molecule has 0 N–H and O–H groups in total. The Balaban J connectivity index is 2.25. The second-order valence-corrected chi connectivity index (χ2v) is 3.89. The summed E-state index contributed by atoms with van der Waals surface area (Å²) in [6.45, 7) is 0. The van der Waals surface area contributed by atoms with Gasteiger partial charge in [-0.1, -0.05) is 0 Å². The molecule has 2 rings (SSSR count). The number of carbonyl (C=O) groups is 1. The molecule has 3 heteroatoms. The summed E-state index contributed by atoms with van der Waals surface area (Å²) in [6, 6.07) is 0.169. The highest BCUT2D eigenvalue weighted by Crippen LogP contribution is 2.38. The summed E-state index contributed by atoms with van der Waals surface area (Å²) in [4.78, 5) is 11.1. The number of fused-ring (bicyclic) bond motifs is 2. The normalized spacial score (nSPS) is 49.8. The van der Waals surface area contributed by atoms with Gasteiger partial charge >= 0.3 is 0 Å². The highest BCUT2D eigenvalue weighted by atomic mass is 16.5. The van der Waals surface area contributed by atoms with E-state index in [1.54, 1.807) is 7.05 Å². The smallest absolute Gasteiger partial charge is 0.144 e. The summed E-state index contributed by atoms with van der Waals surface area (Å²) < 4.78 is -0.147. The van der Waals surface area contributed by atoms with Gasteiger partial charge in [-0.05, 0) is 0 Å². The van der Waals surface area contributed by atoms with Crippen LogP contribution >= 0.6 is 0 Å². The highest BCUT2D eigenvalue weighted by molar-refractivity contribution is 5.80. The second-order valence-electron chi connectivity index (χ2n) is 3.89. The third kappa shape index (κ3) is 0.914. The van der Waals surface area contributed by atoms with Gasteiger partial charge in [0.25, 0.3) is 0 Å². The van der Waals surface area contributed by atoms with Crippen molar-refractivity contribution < 1.29 is 9.44 Å². The van der Waals surface area contributed by atoms with Crippen LogP contribution in [0.4, 0.5) is 0 Å². The summed E-state index contributed by atoms with van der Waals surface area (Å²) in [6.07, 6.45) is 2.96. The van der Waals surface area contributed by atoms with E-state index in [1.165, 1.54) is 0 Å². The molecule has 0 aliphatic carbocycles. The Hall–Kier alpha value is -0.410. The zero-order valence-electron chi connectivity index (χ0n) is 6.75. The minimum atomic E-state index is -0.147. The first-order valence-electron chi connectivity index (χ1n) is 4.19. The van der Waals surface area contributed by atoms with E-state index in [1.807, 2.05) is 0 Å². The fraction of sp³-hybridized carbons (Fsp3) is 0.875. The lowest BCUT2D eigenvalue weighted by molar-refractivity contribution is -0.898. The number of hydrogen-bond acceptors (Lipinski definition) is 2. The van der Waals surface area contributed by atoms with Crippen LogP contribution in [-0.2, 0) is 4.79 Å². The first-order valence-corrected chi connectivity index (χ1v) is 4.19. The fourth-order valence-corrected chi connectivity index (χ4v) is 2.37. The first kappa shape index (κ1) is 7.25. The van der Waals surface area contributed by atoms with E-state index in [0.29, 0.717) is 18.6 Å². The molecule has 0 aromatic carbocycles. The van der Waals surface area contributed by atoms with Gasteiger partial charge in [-0.3, -0.25) is 4.79 Å². The molecule has 2 fully saturated rings. The van der Waals surface area contributed by atoms with Crippen molar-refractivity contribution in [3.8, 4) is 0 Å². The van der Waals surface area contributed by atoms with Crippen molar-refractivity contribution in [2.75, 3.05) is 7.05 Å². The summed E-state index contributed by atoms with van der Waals surface area (Å²) in [5.74, 6) is 0.295. The van der Waals surface area contributed by atoms with Crippen molar-refractivity contribution >= 4 is 5.78 Å². The van der Waals surface area contributed by atoms with E-state index >= 15 is 0 Å². The number of nitrogens with zero attached hydrogens (tertiary/aromatic N) is 1. The second kappa shape index (κ2) is 2.05. The lowest BCUT2D eigenvalue weighted by atomic mass is 10.0. The first-order chi connectivity index (χ1) is 5.10. The van der Waals surface area contributed by atoms with Crippen LogP contribution in [0.5, 0.6) is 0 Å². The van der Waals surface area contributed by atoms with Gasteiger partial charge in [0.05, 0.1) is 32.0 Å². The van der Waals surface area contributed by atoms with Crippen LogP contribution in [-0.4, -0.2) is 29.6 Å². The van der Waals surface area contributed by atoms with Crippen LogP contribution in [0, 0.1) is 5.21 Å². The molecule has 11 heavy (non-hydrogen) atoms. The van der Waals surface area contributed by atoms with Gasteiger partial charge in [-0.15, -0.1) is 0 Å². The van der Waals surface area contributed by atoms with E-state index in [0.717, 1.165) is 12.8 Å². The Bertz CT molecular complexity index is 182. The minimum absolute atomic E-state index is 0.0845. The summed E-state index contributed by atoms with van der Waals surface area (Å²) >= 11 is 0. The van der Waals surface area contributed by atoms with E-state index in [4.69, 9.17) is 0 Å². The number of quaternary nitrogens is 1. The van der Waals surface area contributed by atoms with Crippen molar-refractivity contribution in [1.82, 2.24) is 0 Å². The molecule has 3 nitrogen and oxygen atoms in total. The molecule has 2 bridgehead atoms. The van der Waals surface area contributed by atoms with Crippen LogP contribution in [0.15, 0.2) is 0 Å². The van der Waals surface area contributed by atoms with Gasteiger partial charge < -0.3 is 9.85 Å². The molecule has 2 aliphatic rings. The zero-order chi connectivity index (χ0) is 8.06. The van der Waals surface area contributed by atoms with Crippen LogP contribution in [0.25, 0.3) is 0 Å². The number of hydrogen-bond donors (Lipinski definition) is 0. The molecule has 2 heterocycles. The zero-order valence-corrected chi connectivity index (χ0v) is 6.75.